The van der Waals surface area contributed by atoms with Crippen LogP contribution in [0.15, 0.2) is 24.3 Å². The Labute approximate surface area is 144 Å². The lowest BCUT2D eigenvalue weighted by atomic mass is 9.53. The summed E-state index contributed by atoms with van der Waals surface area (Å²) in [5.41, 5.74) is 7.44. The topological polar surface area (TPSA) is 67.2 Å². The molecule has 0 heterocycles. The number of carbonyl (C=O) groups excluding carboxylic acids is 1. The minimum atomic E-state index is -0.00944. The van der Waals surface area contributed by atoms with Gasteiger partial charge in [0.25, 0.3) is 5.91 Å². The van der Waals surface area contributed by atoms with E-state index in [1.54, 1.807) is 24.3 Å². The summed E-state index contributed by atoms with van der Waals surface area (Å²) in [6, 6.07) is 7.09. The van der Waals surface area contributed by atoms with Crippen molar-refractivity contribution in [1.29, 1.82) is 0 Å². The molecule has 4 saturated carbocycles. The first-order valence-corrected chi connectivity index (χ1v) is 9.51. The third kappa shape index (κ3) is 3.30. The van der Waals surface area contributed by atoms with Gasteiger partial charge in [-0.15, -0.1) is 0 Å². The van der Waals surface area contributed by atoms with Crippen LogP contribution in [0.3, 0.4) is 0 Å². The molecule has 4 bridgehead atoms. The van der Waals surface area contributed by atoms with Gasteiger partial charge in [-0.25, -0.2) is 0 Å². The Hall–Kier alpha value is -1.55. The SMILES string of the molecule is Nc1ccc(C(=O)NCCCNC23CC4CC(CC(C4)C2)C3)cc1. The van der Waals surface area contributed by atoms with Crippen molar-refractivity contribution in [3.63, 3.8) is 0 Å². The predicted octanol–water partition coefficient (Wildman–Crippen LogP) is 2.95. The zero-order valence-corrected chi connectivity index (χ0v) is 14.4. The van der Waals surface area contributed by atoms with Gasteiger partial charge in [0.05, 0.1) is 0 Å². The summed E-state index contributed by atoms with van der Waals surface area (Å²) in [4.78, 5) is 12.1. The van der Waals surface area contributed by atoms with Crippen molar-refractivity contribution in [3.05, 3.63) is 29.8 Å². The third-order valence-electron chi connectivity index (χ3n) is 6.35. The highest BCUT2D eigenvalue weighted by Crippen LogP contribution is 2.55. The molecule has 130 valence electrons. The summed E-state index contributed by atoms with van der Waals surface area (Å²) in [5, 5.41) is 6.89. The van der Waals surface area contributed by atoms with Crippen molar-refractivity contribution in [1.82, 2.24) is 10.6 Å². The van der Waals surface area contributed by atoms with Crippen molar-refractivity contribution >= 4 is 11.6 Å². The fourth-order valence-corrected chi connectivity index (χ4v) is 5.71. The van der Waals surface area contributed by atoms with Gasteiger partial charge in [0.15, 0.2) is 0 Å². The van der Waals surface area contributed by atoms with Crippen LogP contribution in [0.1, 0.15) is 55.3 Å². The first-order valence-electron chi connectivity index (χ1n) is 9.51. The Kier molecular flexibility index (Phi) is 4.25. The minimum absolute atomic E-state index is 0.00944. The molecule has 0 unspecified atom stereocenters. The van der Waals surface area contributed by atoms with Crippen LogP contribution in [0, 0.1) is 17.8 Å². The standard InChI is InChI=1S/C20H29N3O/c21-18-4-2-17(3-5-18)19(24)22-6-1-7-23-20-11-14-8-15(12-20)10-16(9-14)13-20/h2-5,14-16,23H,1,6-13,21H2,(H,22,24). The van der Waals surface area contributed by atoms with Crippen LogP contribution < -0.4 is 16.4 Å². The van der Waals surface area contributed by atoms with Crippen LogP contribution in [-0.4, -0.2) is 24.5 Å². The lowest BCUT2D eigenvalue weighted by Crippen LogP contribution is -2.58. The van der Waals surface area contributed by atoms with E-state index >= 15 is 0 Å². The maximum atomic E-state index is 12.1. The third-order valence-corrected chi connectivity index (χ3v) is 6.35. The van der Waals surface area contributed by atoms with Gasteiger partial charge in [-0.2, -0.15) is 0 Å². The molecule has 1 aromatic rings. The molecule has 24 heavy (non-hydrogen) atoms. The monoisotopic (exact) mass is 327 g/mol. The van der Waals surface area contributed by atoms with Crippen molar-refractivity contribution < 1.29 is 4.79 Å². The molecule has 0 atom stereocenters. The molecule has 4 fully saturated rings. The summed E-state index contributed by atoms with van der Waals surface area (Å²) in [6.45, 7) is 1.73. The van der Waals surface area contributed by atoms with Crippen molar-refractivity contribution in [2.45, 2.75) is 50.5 Å². The Morgan fingerprint density at radius 3 is 2.17 bits per heavy atom. The van der Waals surface area contributed by atoms with E-state index < -0.39 is 0 Å². The molecular weight excluding hydrogens is 298 g/mol. The van der Waals surface area contributed by atoms with Crippen LogP contribution in [-0.2, 0) is 0 Å². The molecule has 0 saturated heterocycles. The van der Waals surface area contributed by atoms with E-state index in [1.807, 2.05) is 0 Å². The molecule has 5 rings (SSSR count). The van der Waals surface area contributed by atoms with Gasteiger partial charge in [0, 0.05) is 23.3 Å². The Balaban J connectivity index is 1.20. The van der Waals surface area contributed by atoms with Gasteiger partial charge in [-0.1, -0.05) is 0 Å². The van der Waals surface area contributed by atoms with Crippen molar-refractivity contribution in [2.24, 2.45) is 17.8 Å². The van der Waals surface area contributed by atoms with E-state index in [0.717, 1.165) is 37.3 Å². The van der Waals surface area contributed by atoms with E-state index in [9.17, 15) is 4.79 Å². The fourth-order valence-electron chi connectivity index (χ4n) is 5.71. The van der Waals surface area contributed by atoms with E-state index in [0.29, 0.717) is 16.8 Å². The number of amides is 1. The van der Waals surface area contributed by atoms with E-state index in [2.05, 4.69) is 10.6 Å². The number of nitrogens with one attached hydrogen (secondary N) is 2. The smallest absolute Gasteiger partial charge is 0.251 e. The molecule has 0 aliphatic heterocycles. The second-order valence-electron chi connectivity index (χ2n) is 8.36. The average Bonchev–Trinajstić information content (AvgIpc) is 2.53. The molecular formula is C20H29N3O. The zero-order valence-electron chi connectivity index (χ0n) is 14.4. The Morgan fingerprint density at radius 2 is 1.58 bits per heavy atom. The van der Waals surface area contributed by atoms with Crippen LogP contribution >= 0.6 is 0 Å². The summed E-state index contributed by atoms with van der Waals surface area (Å²) in [6.07, 6.45) is 9.60. The largest absolute Gasteiger partial charge is 0.399 e. The maximum Gasteiger partial charge on any atom is 0.251 e. The lowest BCUT2D eigenvalue weighted by Gasteiger charge is -2.57. The summed E-state index contributed by atoms with van der Waals surface area (Å²) < 4.78 is 0. The highest BCUT2D eigenvalue weighted by molar-refractivity contribution is 5.94. The average molecular weight is 327 g/mol. The summed E-state index contributed by atoms with van der Waals surface area (Å²) >= 11 is 0. The van der Waals surface area contributed by atoms with Gasteiger partial charge >= 0.3 is 0 Å². The predicted molar refractivity (Wildman–Crippen MR) is 96.7 cm³/mol. The summed E-state index contributed by atoms with van der Waals surface area (Å²) in [5.74, 6) is 2.93. The van der Waals surface area contributed by atoms with Gasteiger partial charge < -0.3 is 16.4 Å². The Morgan fingerprint density at radius 1 is 1.00 bits per heavy atom. The number of rotatable bonds is 6. The number of nitrogen functional groups attached to an aromatic ring is 1. The van der Waals surface area contributed by atoms with Gasteiger partial charge in [-0.3, -0.25) is 4.79 Å². The number of hydrogen-bond donors (Lipinski definition) is 3. The molecule has 0 radical (unpaired) electrons. The molecule has 4 aliphatic rings. The van der Waals surface area contributed by atoms with Crippen molar-refractivity contribution in [3.8, 4) is 0 Å². The van der Waals surface area contributed by atoms with Crippen molar-refractivity contribution in [2.75, 3.05) is 18.8 Å². The molecule has 0 spiro atoms. The molecule has 1 amide bonds. The van der Waals surface area contributed by atoms with E-state index in [1.165, 1.54) is 38.5 Å². The number of anilines is 1. The fraction of sp³-hybridized carbons (Fsp3) is 0.650. The first kappa shape index (κ1) is 15.9. The maximum absolute atomic E-state index is 12.1. The lowest BCUT2D eigenvalue weighted by molar-refractivity contribution is -0.0195. The quantitative estimate of drug-likeness (QED) is 0.556. The molecule has 1 aromatic carbocycles. The molecule has 0 aromatic heterocycles. The highest BCUT2D eigenvalue weighted by Gasteiger charge is 2.50. The van der Waals surface area contributed by atoms with Crippen LogP contribution in [0.4, 0.5) is 5.69 Å². The Bertz CT molecular complexity index is 560. The number of hydrogen-bond acceptors (Lipinski definition) is 3. The number of benzene rings is 1. The molecule has 4 heteroatoms. The molecule has 4 N–H and O–H groups in total. The second-order valence-corrected chi connectivity index (χ2v) is 8.36. The normalized spacial score (nSPS) is 33.6. The second kappa shape index (κ2) is 6.40. The van der Waals surface area contributed by atoms with Crippen LogP contribution in [0.25, 0.3) is 0 Å². The van der Waals surface area contributed by atoms with Gasteiger partial charge in [-0.05, 0) is 93.5 Å². The van der Waals surface area contributed by atoms with Gasteiger partial charge in [0.2, 0.25) is 0 Å². The minimum Gasteiger partial charge on any atom is -0.399 e. The van der Waals surface area contributed by atoms with Gasteiger partial charge in [0.1, 0.15) is 0 Å². The zero-order chi connectivity index (χ0) is 16.6. The highest BCUT2D eigenvalue weighted by atomic mass is 16.1. The summed E-state index contributed by atoms with van der Waals surface area (Å²) in [7, 11) is 0. The number of nitrogens with two attached hydrogens (primary N) is 1. The number of carbonyl (C=O) groups is 1. The van der Waals surface area contributed by atoms with Crippen LogP contribution in [0.2, 0.25) is 0 Å². The molecule has 4 aliphatic carbocycles. The molecule has 4 nitrogen and oxygen atoms in total. The van der Waals surface area contributed by atoms with E-state index in [-0.39, 0.29) is 5.91 Å². The first-order chi connectivity index (χ1) is 11.6. The van der Waals surface area contributed by atoms with E-state index in [4.69, 9.17) is 5.73 Å². The van der Waals surface area contributed by atoms with Crippen LogP contribution in [0.5, 0.6) is 0 Å².